The van der Waals surface area contributed by atoms with E-state index in [4.69, 9.17) is 14.2 Å². The molecule has 486 valence electrons. The summed E-state index contributed by atoms with van der Waals surface area (Å²) in [4.78, 5) is 38.5. The minimum absolute atomic E-state index is 0.0614. The predicted octanol–water partition coefficient (Wildman–Crippen LogP) is 26.0. The van der Waals surface area contributed by atoms with Crippen LogP contribution >= 0.6 is 0 Å². The van der Waals surface area contributed by atoms with E-state index in [2.05, 4.69) is 32.9 Å². The molecule has 0 saturated heterocycles. The highest BCUT2D eigenvalue weighted by molar-refractivity contribution is 5.71. The van der Waals surface area contributed by atoms with Crippen LogP contribution in [0.15, 0.2) is 12.2 Å². The lowest BCUT2D eigenvalue weighted by atomic mass is 10.0. The summed E-state index contributed by atoms with van der Waals surface area (Å²) in [7, 11) is 0. The zero-order valence-electron chi connectivity index (χ0n) is 56.1. The van der Waals surface area contributed by atoms with Gasteiger partial charge in [-0.05, 0) is 44.9 Å². The Labute approximate surface area is 513 Å². The fraction of sp³-hybridized carbons (Fsp3) is 0.934. The second kappa shape index (κ2) is 71.6. The molecule has 0 aliphatic carbocycles. The van der Waals surface area contributed by atoms with Crippen molar-refractivity contribution < 1.29 is 28.6 Å². The maximum atomic E-state index is 13.0. The maximum Gasteiger partial charge on any atom is 0.306 e. The van der Waals surface area contributed by atoms with Gasteiger partial charge < -0.3 is 14.2 Å². The first-order chi connectivity index (χ1) is 40.5. The molecule has 0 rings (SSSR count). The molecule has 0 N–H and O–H groups in total. The maximum absolute atomic E-state index is 13.0. The Hall–Kier alpha value is -1.85. The quantitative estimate of drug-likeness (QED) is 0.0261. The van der Waals surface area contributed by atoms with E-state index in [1.54, 1.807) is 0 Å². The van der Waals surface area contributed by atoms with Gasteiger partial charge in [0, 0.05) is 19.3 Å². The van der Waals surface area contributed by atoms with Gasteiger partial charge in [0.15, 0.2) is 6.10 Å². The summed E-state index contributed by atoms with van der Waals surface area (Å²) < 4.78 is 17.0. The Bertz CT molecular complexity index is 1280. The van der Waals surface area contributed by atoms with E-state index in [1.807, 2.05) is 0 Å². The molecule has 0 aromatic rings. The van der Waals surface area contributed by atoms with Crippen LogP contribution in [0.25, 0.3) is 0 Å². The van der Waals surface area contributed by atoms with Crippen molar-refractivity contribution in [2.75, 3.05) is 13.2 Å². The van der Waals surface area contributed by atoms with Gasteiger partial charge in [-0.1, -0.05) is 386 Å². The highest BCUT2D eigenvalue weighted by atomic mass is 16.6. The Balaban J connectivity index is 4.14. The third-order valence-electron chi connectivity index (χ3n) is 17.5. The number of rotatable bonds is 71. The van der Waals surface area contributed by atoms with Gasteiger partial charge in [0.2, 0.25) is 0 Å². The predicted molar refractivity (Wildman–Crippen MR) is 358 cm³/mol. The van der Waals surface area contributed by atoms with Gasteiger partial charge in [0.25, 0.3) is 0 Å². The van der Waals surface area contributed by atoms with Crippen molar-refractivity contribution in [3.05, 3.63) is 12.2 Å². The van der Waals surface area contributed by atoms with Crippen LogP contribution in [-0.4, -0.2) is 37.2 Å². The number of allylic oxidation sites excluding steroid dienone is 2. The van der Waals surface area contributed by atoms with Crippen LogP contribution in [0.3, 0.4) is 0 Å². The molecule has 0 aromatic carbocycles. The molecule has 1 atom stereocenters. The molecule has 6 heteroatoms. The average Bonchev–Trinajstić information content (AvgIpc) is 3.48. The minimum atomic E-state index is -0.765. The number of carbonyl (C=O) groups excluding carboxylic acids is 3. The third-order valence-corrected chi connectivity index (χ3v) is 17.5. The molecular weight excluding hydrogens is 1010 g/mol. The Morgan fingerprint density at radius 2 is 0.402 bits per heavy atom. The van der Waals surface area contributed by atoms with Crippen LogP contribution in [0.2, 0.25) is 0 Å². The highest BCUT2D eigenvalue weighted by Crippen LogP contribution is 2.20. The molecule has 0 amide bonds. The summed E-state index contributed by atoms with van der Waals surface area (Å²) in [6, 6.07) is 0. The van der Waals surface area contributed by atoms with Crippen molar-refractivity contribution in [1.82, 2.24) is 0 Å². The molecule has 0 heterocycles. The zero-order chi connectivity index (χ0) is 59.2. The summed E-state index contributed by atoms with van der Waals surface area (Å²) >= 11 is 0. The number of esters is 3. The number of unbranched alkanes of at least 4 members (excludes halogenated alkanes) is 58. The second-order valence-corrected chi connectivity index (χ2v) is 25.9. The molecule has 0 saturated carbocycles. The first-order valence-electron chi connectivity index (χ1n) is 37.7. The van der Waals surface area contributed by atoms with Crippen LogP contribution in [0, 0.1) is 0 Å². The van der Waals surface area contributed by atoms with Crippen molar-refractivity contribution in [2.45, 2.75) is 444 Å². The molecule has 0 fully saturated rings. The molecular formula is C76H146O6. The van der Waals surface area contributed by atoms with Gasteiger partial charge in [-0.3, -0.25) is 14.4 Å². The molecule has 6 nitrogen and oxygen atoms in total. The molecule has 0 aromatic heterocycles. The number of hydrogen-bond donors (Lipinski definition) is 0. The van der Waals surface area contributed by atoms with Crippen molar-refractivity contribution in [1.29, 1.82) is 0 Å². The molecule has 0 bridgehead atoms. The average molecular weight is 1160 g/mol. The van der Waals surface area contributed by atoms with Crippen molar-refractivity contribution in [2.24, 2.45) is 0 Å². The number of ether oxygens (including phenoxy) is 3. The van der Waals surface area contributed by atoms with Gasteiger partial charge >= 0.3 is 17.9 Å². The van der Waals surface area contributed by atoms with E-state index >= 15 is 0 Å². The molecule has 0 spiro atoms. The summed E-state index contributed by atoms with van der Waals surface area (Å²) in [5, 5.41) is 0. The Morgan fingerprint density at radius 1 is 0.232 bits per heavy atom. The summed E-state index contributed by atoms with van der Waals surface area (Å²) in [5.41, 5.74) is 0. The van der Waals surface area contributed by atoms with Gasteiger partial charge in [-0.15, -0.1) is 0 Å². The summed E-state index contributed by atoms with van der Waals surface area (Å²) in [5.74, 6) is -0.821. The van der Waals surface area contributed by atoms with Gasteiger partial charge in [-0.2, -0.15) is 0 Å². The fourth-order valence-corrected chi connectivity index (χ4v) is 11.9. The van der Waals surface area contributed by atoms with Crippen molar-refractivity contribution in [3.63, 3.8) is 0 Å². The van der Waals surface area contributed by atoms with Gasteiger partial charge in [-0.25, -0.2) is 0 Å². The number of carbonyl (C=O) groups is 3. The zero-order valence-corrected chi connectivity index (χ0v) is 56.1. The molecule has 0 aliphatic rings. The lowest BCUT2D eigenvalue weighted by Crippen LogP contribution is -2.30. The van der Waals surface area contributed by atoms with Crippen LogP contribution in [0.5, 0.6) is 0 Å². The molecule has 1 unspecified atom stereocenters. The SMILES string of the molecule is CCCCCCCCCC/C=C\CCCCCCCCCCCCCCCCCCCCCC(=O)OCC(COC(=O)CCCCCCCCCCCCCCCCCC)OC(=O)CCCCCCCCCCCCCCCCCCC. The summed E-state index contributed by atoms with van der Waals surface area (Å²) in [6.07, 6.45) is 86.9. The minimum Gasteiger partial charge on any atom is -0.462 e. The van der Waals surface area contributed by atoms with E-state index in [0.29, 0.717) is 19.3 Å². The van der Waals surface area contributed by atoms with E-state index in [-0.39, 0.29) is 31.1 Å². The third kappa shape index (κ3) is 68.9. The molecule has 0 radical (unpaired) electrons. The highest BCUT2D eigenvalue weighted by Gasteiger charge is 2.20. The first kappa shape index (κ1) is 80.2. The van der Waals surface area contributed by atoms with Gasteiger partial charge in [0.05, 0.1) is 0 Å². The van der Waals surface area contributed by atoms with Crippen LogP contribution in [-0.2, 0) is 28.6 Å². The standard InChI is InChI=1S/C76H146O6/c1-4-7-10-13-16-19-22-25-28-31-32-33-34-35-36-37-38-39-40-41-42-43-44-46-48-51-54-57-60-63-66-69-75(78)81-72-73(71-80-74(77)68-65-62-59-56-53-50-47-30-27-24-21-18-15-12-9-6-3)82-76(79)70-67-64-61-58-55-52-49-45-29-26-23-20-17-14-11-8-5-2/h31-32,73H,4-30,33-72H2,1-3H3/b32-31-. The first-order valence-corrected chi connectivity index (χ1v) is 37.7. The smallest absolute Gasteiger partial charge is 0.306 e. The monoisotopic (exact) mass is 1160 g/mol. The fourth-order valence-electron chi connectivity index (χ4n) is 11.9. The lowest BCUT2D eigenvalue weighted by molar-refractivity contribution is -0.167. The van der Waals surface area contributed by atoms with Gasteiger partial charge in [0.1, 0.15) is 13.2 Å². The Morgan fingerprint density at radius 3 is 0.610 bits per heavy atom. The summed E-state index contributed by atoms with van der Waals surface area (Å²) in [6.45, 7) is 6.74. The van der Waals surface area contributed by atoms with Crippen LogP contribution < -0.4 is 0 Å². The molecule has 0 aliphatic heterocycles. The largest absolute Gasteiger partial charge is 0.462 e. The number of hydrogen-bond acceptors (Lipinski definition) is 6. The second-order valence-electron chi connectivity index (χ2n) is 25.9. The van der Waals surface area contributed by atoms with E-state index in [1.165, 1.54) is 340 Å². The Kier molecular flexibility index (Phi) is 70.0. The van der Waals surface area contributed by atoms with Crippen molar-refractivity contribution in [3.8, 4) is 0 Å². The topological polar surface area (TPSA) is 78.9 Å². The van der Waals surface area contributed by atoms with Crippen molar-refractivity contribution >= 4 is 17.9 Å². The van der Waals surface area contributed by atoms with E-state index in [0.717, 1.165) is 57.8 Å². The normalized spacial score (nSPS) is 12.0. The van der Waals surface area contributed by atoms with Crippen LogP contribution in [0.1, 0.15) is 438 Å². The van der Waals surface area contributed by atoms with E-state index in [9.17, 15) is 14.4 Å². The van der Waals surface area contributed by atoms with Crippen LogP contribution in [0.4, 0.5) is 0 Å². The lowest BCUT2D eigenvalue weighted by Gasteiger charge is -2.18. The molecule has 82 heavy (non-hydrogen) atoms. The van der Waals surface area contributed by atoms with E-state index < -0.39 is 6.10 Å².